The van der Waals surface area contributed by atoms with Crippen molar-refractivity contribution in [3.8, 4) is 17.2 Å². The van der Waals surface area contributed by atoms with Crippen LogP contribution in [0.2, 0.25) is 0 Å². The maximum atomic E-state index is 15.3. The second-order valence-electron chi connectivity index (χ2n) is 17.9. The first-order valence-corrected chi connectivity index (χ1v) is 28.6. The standard InChI is InChI=1S/C54H57O18P3/c1-58-46-22-16-37(17-23-46)28-61-49-52(70-73(55)64-31-40-10-4-5-11-41(40)32-65-73)50(62-29-38-18-24-47(59-2)25-19-38)54(72-75(57)68-35-44-14-8-9-15-45(44)36-69-75)51(63-30-39-20-26-48(60-3)27-21-39)53(49)71-74(56)66-33-42-12-6-7-13-43(42)34-67-74/h4-27,49-54H,28-36H2,1-3H3/t49-,50-,51-,52-,53+,54-. The highest BCUT2D eigenvalue weighted by Crippen LogP contribution is 2.61. The molecule has 3 heterocycles. The molecular weight excluding hydrogens is 1030 g/mol. The highest BCUT2D eigenvalue weighted by atomic mass is 31.2. The van der Waals surface area contributed by atoms with Crippen molar-refractivity contribution >= 4 is 23.5 Å². The number of ether oxygens (including phenoxy) is 6. The SMILES string of the molecule is COc1ccc(CO[C@H]2[C@H](OP3(=O)OCc4ccccc4CO3)[C@H](OCc3ccc(OC)cc3)[C@H](OP3(=O)OCc4ccccc4CO3)[C@@H](OCc3ccc(OC)cc3)[C@@H]2OP2(=O)OCc3ccccc3CO2)cc1. The molecule has 4 aliphatic rings. The Balaban J connectivity index is 1.12. The molecule has 1 saturated carbocycles. The average molecular weight is 1090 g/mol. The molecule has 75 heavy (non-hydrogen) atoms. The molecule has 0 aromatic heterocycles. The van der Waals surface area contributed by atoms with Gasteiger partial charge in [0.2, 0.25) is 0 Å². The zero-order valence-electron chi connectivity index (χ0n) is 41.4. The molecule has 6 aromatic carbocycles. The fourth-order valence-electron chi connectivity index (χ4n) is 8.94. The number of hydrogen-bond acceptors (Lipinski definition) is 18. The second kappa shape index (κ2) is 24.1. The van der Waals surface area contributed by atoms with Gasteiger partial charge in [-0.3, -0.25) is 40.7 Å². The quantitative estimate of drug-likeness (QED) is 0.0738. The maximum Gasteiger partial charge on any atom is 0.475 e. The van der Waals surface area contributed by atoms with Crippen LogP contribution in [0, 0.1) is 0 Å². The van der Waals surface area contributed by atoms with Gasteiger partial charge in [-0.05, 0) is 86.5 Å². The monoisotopic (exact) mass is 1090 g/mol. The van der Waals surface area contributed by atoms with Crippen molar-refractivity contribution in [1.29, 1.82) is 0 Å². The summed E-state index contributed by atoms with van der Waals surface area (Å²) in [5, 5.41) is 0. The highest BCUT2D eigenvalue weighted by Gasteiger charge is 2.61. The third-order valence-corrected chi connectivity index (χ3v) is 17.3. The van der Waals surface area contributed by atoms with E-state index in [1.165, 1.54) is 0 Å². The summed E-state index contributed by atoms with van der Waals surface area (Å²) < 4.78 is 140. The molecule has 0 saturated heterocycles. The largest absolute Gasteiger partial charge is 0.497 e. The third kappa shape index (κ3) is 13.0. The van der Waals surface area contributed by atoms with Gasteiger partial charge in [0, 0.05) is 0 Å². The minimum Gasteiger partial charge on any atom is -0.497 e. The van der Waals surface area contributed by atoms with Crippen LogP contribution in [0.3, 0.4) is 0 Å². The van der Waals surface area contributed by atoms with Crippen LogP contribution in [0.15, 0.2) is 146 Å². The number of hydrogen-bond donors (Lipinski definition) is 0. The van der Waals surface area contributed by atoms with Gasteiger partial charge in [0.05, 0.1) is 80.8 Å². The van der Waals surface area contributed by atoms with Crippen molar-refractivity contribution in [3.63, 3.8) is 0 Å². The molecule has 3 aliphatic heterocycles. The van der Waals surface area contributed by atoms with E-state index in [9.17, 15) is 0 Å². The molecule has 0 radical (unpaired) electrons. The van der Waals surface area contributed by atoms with Gasteiger partial charge < -0.3 is 28.4 Å². The van der Waals surface area contributed by atoms with Gasteiger partial charge >= 0.3 is 23.5 Å². The number of phosphoric acid groups is 3. The van der Waals surface area contributed by atoms with Crippen molar-refractivity contribution in [2.24, 2.45) is 0 Å². The molecule has 0 unspecified atom stereocenters. The van der Waals surface area contributed by atoms with E-state index in [-0.39, 0.29) is 59.5 Å². The first kappa shape index (κ1) is 53.3. The number of fused-ring (bicyclic) bond motifs is 3. The fraction of sp³-hybridized carbons (Fsp3) is 0.333. The Kier molecular flexibility index (Phi) is 17.1. The van der Waals surface area contributed by atoms with Crippen LogP contribution in [0.4, 0.5) is 0 Å². The summed E-state index contributed by atoms with van der Waals surface area (Å²) in [5.74, 6) is 1.80. The van der Waals surface area contributed by atoms with Crippen molar-refractivity contribution < 1.29 is 82.8 Å². The molecule has 0 N–H and O–H groups in total. The highest BCUT2D eigenvalue weighted by molar-refractivity contribution is 7.49. The van der Waals surface area contributed by atoms with Crippen LogP contribution in [0.5, 0.6) is 17.2 Å². The van der Waals surface area contributed by atoms with Crippen LogP contribution in [0.25, 0.3) is 0 Å². The molecule has 6 aromatic rings. The van der Waals surface area contributed by atoms with E-state index >= 15 is 13.7 Å². The molecule has 1 aliphatic carbocycles. The Morgan fingerprint density at radius 3 is 0.747 bits per heavy atom. The summed E-state index contributed by atoms with van der Waals surface area (Å²) in [6, 6.07) is 43.4. The molecule has 0 amide bonds. The molecular formula is C54H57O18P3. The Labute approximate surface area is 435 Å². The molecule has 18 nitrogen and oxygen atoms in total. The van der Waals surface area contributed by atoms with Gasteiger partial charge in [-0.25, -0.2) is 13.7 Å². The Hall–Kier alpha value is -5.07. The van der Waals surface area contributed by atoms with Gasteiger partial charge in [-0.1, -0.05) is 109 Å². The summed E-state index contributed by atoms with van der Waals surface area (Å²) in [5.41, 5.74) is 6.32. The molecule has 0 atom stereocenters. The number of benzene rings is 6. The van der Waals surface area contributed by atoms with Gasteiger partial charge in [0.1, 0.15) is 53.9 Å². The minimum absolute atomic E-state index is 0.145. The Morgan fingerprint density at radius 2 is 0.547 bits per heavy atom. The number of methoxy groups -OCH3 is 3. The van der Waals surface area contributed by atoms with E-state index in [2.05, 4.69) is 0 Å². The van der Waals surface area contributed by atoms with E-state index in [1.807, 2.05) is 72.8 Å². The first-order valence-electron chi connectivity index (χ1n) is 24.2. The number of phosphoric ester groups is 3. The zero-order valence-corrected chi connectivity index (χ0v) is 44.1. The first-order chi connectivity index (χ1) is 36.5. The lowest BCUT2D eigenvalue weighted by Crippen LogP contribution is -2.67. The summed E-state index contributed by atoms with van der Waals surface area (Å²) in [4.78, 5) is 0. The summed E-state index contributed by atoms with van der Waals surface area (Å²) >= 11 is 0. The molecule has 0 bridgehead atoms. The maximum absolute atomic E-state index is 15.3. The molecule has 0 spiro atoms. The summed E-state index contributed by atoms with van der Waals surface area (Å²) in [6.45, 7) is -1.37. The van der Waals surface area contributed by atoms with Crippen molar-refractivity contribution in [2.45, 2.75) is 96.1 Å². The van der Waals surface area contributed by atoms with Crippen LogP contribution >= 0.6 is 23.5 Å². The summed E-state index contributed by atoms with van der Waals surface area (Å²) in [6.07, 6.45) is -9.38. The van der Waals surface area contributed by atoms with Gasteiger partial charge in [0.25, 0.3) is 0 Å². The van der Waals surface area contributed by atoms with E-state index in [0.29, 0.717) is 33.9 Å². The molecule has 21 heteroatoms. The normalized spacial score (nSPS) is 23.7. The second-order valence-corrected chi connectivity index (χ2v) is 22.7. The smallest absolute Gasteiger partial charge is 0.475 e. The predicted molar refractivity (Wildman–Crippen MR) is 270 cm³/mol. The van der Waals surface area contributed by atoms with Crippen LogP contribution in [-0.2, 0) is 128 Å². The topological polar surface area (TPSA) is 190 Å². The van der Waals surface area contributed by atoms with Gasteiger partial charge in [0.15, 0.2) is 0 Å². The van der Waals surface area contributed by atoms with Crippen molar-refractivity contribution in [1.82, 2.24) is 0 Å². The molecule has 10 rings (SSSR count). The van der Waals surface area contributed by atoms with E-state index in [4.69, 9.17) is 69.1 Å². The lowest BCUT2D eigenvalue weighted by Gasteiger charge is -2.49. The van der Waals surface area contributed by atoms with E-state index < -0.39 is 60.1 Å². The van der Waals surface area contributed by atoms with Crippen LogP contribution in [-0.4, -0.2) is 58.0 Å². The molecule has 396 valence electrons. The van der Waals surface area contributed by atoms with Crippen molar-refractivity contribution in [3.05, 3.63) is 196 Å². The lowest BCUT2D eigenvalue weighted by molar-refractivity contribution is -0.254. The zero-order chi connectivity index (χ0) is 51.8. The minimum atomic E-state index is -4.67. The average Bonchev–Trinajstić information content (AvgIpc) is 3.82. The predicted octanol–water partition coefficient (Wildman–Crippen LogP) is 11.5. The summed E-state index contributed by atoms with van der Waals surface area (Å²) in [7, 11) is -9.34. The fourth-order valence-corrected chi connectivity index (χ4v) is 12.9. The Bertz CT molecular complexity index is 2590. The van der Waals surface area contributed by atoms with Crippen molar-refractivity contribution in [2.75, 3.05) is 21.3 Å². The molecule has 1 fully saturated rings. The van der Waals surface area contributed by atoms with Crippen LogP contribution < -0.4 is 14.2 Å². The number of rotatable bonds is 18. The van der Waals surface area contributed by atoms with Crippen LogP contribution in [0.1, 0.15) is 50.1 Å². The third-order valence-electron chi connectivity index (χ3n) is 13.1. The van der Waals surface area contributed by atoms with Gasteiger partial charge in [-0.15, -0.1) is 0 Å². The lowest BCUT2D eigenvalue weighted by atomic mass is 9.84. The van der Waals surface area contributed by atoms with Gasteiger partial charge in [-0.2, -0.15) is 0 Å². The van der Waals surface area contributed by atoms with E-state index in [1.54, 1.807) is 94.1 Å². The van der Waals surface area contributed by atoms with E-state index in [0.717, 1.165) is 33.4 Å². The Morgan fingerprint density at radius 1 is 0.333 bits per heavy atom.